The predicted molar refractivity (Wildman–Crippen MR) is 116 cm³/mol. The number of likely N-dealkylation sites (N-methyl/N-ethyl adjacent to an activating group) is 1. The molecule has 1 aromatic heterocycles. The first-order chi connectivity index (χ1) is 14.2. The summed E-state index contributed by atoms with van der Waals surface area (Å²) < 4.78 is 5.51. The Morgan fingerprint density at radius 2 is 1.93 bits per heavy atom. The molecule has 0 aliphatic carbocycles. The number of aryl methyl sites for hydroxylation is 2. The van der Waals surface area contributed by atoms with Gasteiger partial charge in [-0.1, -0.05) is 12.1 Å². The summed E-state index contributed by atoms with van der Waals surface area (Å²) in [5.41, 5.74) is 1.46. The normalized spacial score (nSPS) is 16.7. The van der Waals surface area contributed by atoms with E-state index in [0.717, 1.165) is 10.6 Å². The van der Waals surface area contributed by atoms with E-state index >= 15 is 0 Å². The Kier molecular flexibility index (Phi) is 6.58. The molecule has 30 heavy (non-hydrogen) atoms. The van der Waals surface area contributed by atoms with Crippen molar-refractivity contribution in [1.82, 2.24) is 14.8 Å². The van der Waals surface area contributed by atoms with Gasteiger partial charge in [0.05, 0.1) is 33.8 Å². The van der Waals surface area contributed by atoms with Crippen LogP contribution in [-0.2, 0) is 4.79 Å². The fourth-order valence-electron chi connectivity index (χ4n) is 3.55. The maximum absolute atomic E-state index is 13.4. The number of ketones is 1. The van der Waals surface area contributed by atoms with Crippen LogP contribution in [0.3, 0.4) is 0 Å². The van der Waals surface area contributed by atoms with Gasteiger partial charge >= 0.3 is 0 Å². The van der Waals surface area contributed by atoms with Crippen molar-refractivity contribution < 1.29 is 19.4 Å². The number of nitrogens with zero attached hydrogens (tertiary/aromatic N) is 3. The fourth-order valence-corrected chi connectivity index (χ4v) is 4.42. The van der Waals surface area contributed by atoms with Crippen molar-refractivity contribution in [2.24, 2.45) is 0 Å². The van der Waals surface area contributed by atoms with E-state index in [2.05, 4.69) is 4.98 Å². The van der Waals surface area contributed by atoms with Crippen molar-refractivity contribution in [3.63, 3.8) is 0 Å². The number of benzene rings is 1. The minimum Gasteiger partial charge on any atom is -0.503 e. The molecule has 0 saturated carbocycles. The molecule has 1 amide bonds. The number of thiazole rings is 1. The molecule has 1 aromatic carbocycles. The lowest BCUT2D eigenvalue weighted by Gasteiger charge is -2.28. The highest BCUT2D eigenvalue weighted by Gasteiger charge is 2.44. The van der Waals surface area contributed by atoms with Gasteiger partial charge in [-0.3, -0.25) is 9.59 Å². The fraction of sp³-hybridized carbons (Fsp3) is 0.409. The Morgan fingerprint density at radius 3 is 2.47 bits per heavy atom. The van der Waals surface area contributed by atoms with Crippen LogP contribution in [0.15, 0.2) is 35.6 Å². The number of aromatic nitrogens is 1. The zero-order valence-electron chi connectivity index (χ0n) is 17.9. The number of rotatable bonds is 8. The van der Waals surface area contributed by atoms with Crippen molar-refractivity contribution in [2.75, 3.05) is 33.8 Å². The number of ether oxygens (including phenoxy) is 1. The monoisotopic (exact) mass is 429 g/mol. The number of Topliss-reactive ketones (excluding diaryl/α,β-unsaturated/α-hetero) is 1. The second kappa shape index (κ2) is 8.97. The second-order valence-corrected chi connectivity index (χ2v) is 8.65. The summed E-state index contributed by atoms with van der Waals surface area (Å²) in [7, 11) is 3.82. The second-order valence-electron chi connectivity index (χ2n) is 7.45. The van der Waals surface area contributed by atoms with Gasteiger partial charge in [-0.25, -0.2) is 4.98 Å². The molecule has 2 heterocycles. The molecule has 8 heteroatoms. The molecule has 0 radical (unpaired) electrons. The lowest BCUT2D eigenvalue weighted by atomic mass is 9.95. The van der Waals surface area contributed by atoms with E-state index in [1.165, 1.54) is 11.3 Å². The summed E-state index contributed by atoms with van der Waals surface area (Å²) in [4.78, 5) is 34.6. The van der Waals surface area contributed by atoms with Gasteiger partial charge < -0.3 is 19.6 Å². The van der Waals surface area contributed by atoms with Crippen molar-refractivity contribution in [3.8, 4) is 5.75 Å². The third kappa shape index (κ3) is 4.24. The van der Waals surface area contributed by atoms with Crippen molar-refractivity contribution in [2.45, 2.75) is 26.8 Å². The zero-order chi connectivity index (χ0) is 22.0. The zero-order valence-corrected chi connectivity index (χ0v) is 18.7. The molecule has 3 rings (SSSR count). The Labute approximate surface area is 180 Å². The molecule has 0 saturated heterocycles. The molecule has 0 unspecified atom stereocenters. The van der Waals surface area contributed by atoms with Crippen LogP contribution >= 0.6 is 11.3 Å². The number of carbonyl (C=O) groups excluding carboxylic acids is 2. The number of hydrogen-bond acceptors (Lipinski definition) is 7. The lowest BCUT2D eigenvalue weighted by Crippen LogP contribution is -2.36. The lowest BCUT2D eigenvalue weighted by molar-refractivity contribution is -0.129. The number of hydrogen-bond donors (Lipinski definition) is 1. The summed E-state index contributed by atoms with van der Waals surface area (Å²) in [6, 6.07) is 6.63. The van der Waals surface area contributed by atoms with Gasteiger partial charge in [-0.05, 0) is 52.6 Å². The largest absolute Gasteiger partial charge is 0.503 e. The van der Waals surface area contributed by atoms with Crippen LogP contribution in [0.4, 0.5) is 0 Å². The number of carbonyl (C=O) groups is 2. The first-order valence-electron chi connectivity index (χ1n) is 9.84. The minimum absolute atomic E-state index is 0.106. The summed E-state index contributed by atoms with van der Waals surface area (Å²) in [6.07, 6.45) is 0. The Balaban J connectivity index is 2.05. The maximum atomic E-state index is 13.4. The third-order valence-corrected chi connectivity index (χ3v) is 6.02. The molecule has 0 fully saturated rings. The van der Waals surface area contributed by atoms with Crippen LogP contribution in [0.25, 0.3) is 0 Å². The average molecular weight is 430 g/mol. The van der Waals surface area contributed by atoms with E-state index in [1.54, 1.807) is 11.8 Å². The number of aliphatic hydroxyl groups excluding tert-OH is 1. The Bertz CT molecular complexity index is 979. The first-order valence-corrected chi connectivity index (χ1v) is 10.7. The van der Waals surface area contributed by atoms with Crippen LogP contribution in [-0.4, -0.2) is 65.4 Å². The molecular formula is C22H27N3O4S. The van der Waals surface area contributed by atoms with Crippen molar-refractivity contribution in [3.05, 3.63) is 56.7 Å². The summed E-state index contributed by atoms with van der Waals surface area (Å²) in [6.45, 7) is 7.03. The third-order valence-electron chi connectivity index (χ3n) is 4.95. The molecule has 1 aliphatic heterocycles. The quantitative estimate of drug-likeness (QED) is 0.649. The maximum Gasteiger partial charge on any atom is 0.290 e. The van der Waals surface area contributed by atoms with Crippen LogP contribution in [0, 0.1) is 13.8 Å². The van der Waals surface area contributed by atoms with E-state index in [4.69, 9.17) is 4.74 Å². The van der Waals surface area contributed by atoms with E-state index in [9.17, 15) is 14.7 Å². The molecule has 0 spiro atoms. The van der Waals surface area contributed by atoms with Crippen LogP contribution < -0.4 is 4.74 Å². The molecule has 1 atom stereocenters. The van der Waals surface area contributed by atoms with Gasteiger partial charge in [0, 0.05) is 13.1 Å². The first kappa shape index (κ1) is 22.0. The van der Waals surface area contributed by atoms with Crippen LogP contribution in [0.5, 0.6) is 5.75 Å². The number of amides is 1. The highest BCUT2D eigenvalue weighted by molar-refractivity contribution is 7.14. The van der Waals surface area contributed by atoms with E-state index in [0.29, 0.717) is 36.0 Å². The van der Waals surface area contributed by atoms with E-state index < -0.39 is 17.7 Å². The average Bonchev–Trinajstić information content (AvgIpc) is 3.16. The molecule has 2 aromatic rings. The van der Waals surface area contributed by atoms with Gasteiger partial charge in [-0.2, -0.15) is 0 Å². The predicted octanol–water partition coefficient (Wildman–Crippen LogP) is 3.30. The van der Waals surface area contributed by atoms with Crippen molar-refractivity contribution in [1.29, 1.82) is 0 Å². The van der Waals surface area contributed by atoms with Gasteiger partial charge in [-0.15, -0.1) is 11.3 Å². The van der Waals surface area contributed by atoms with Gasteiger partial charge in [0.2, 0.25) is 5.78 Å². The van der Waals surface area contributed by atoms with Crippen LogP contribution in [0.2, 0.25) is 0 Å². The van der Waals surface area contributed by atoms with E-state index in [-0.39, 0.29) is 11.4 Å². The van der Waals surface area contributed by atoms with Gasteiger partial charge in [0.15, 0.2) is 5.76 Å². The molecule has 7 nitrogen and oxygen atoms in total. The minimum atomic E-state index is -0.664. The molecule has 1 aliphatic rings. The molecule has 1 N–H and O–H groups in total. The molecule has 160 valence electrons. The van der Waals surface area contributed by atoms with E-state index in [1.807, 2.05) is 57.1 Å². The summed E-state index contributed by atoms with van der Waals surface area (Å²) in [5, 5.41) is 11.5. The van der Waals surface area contributed by atoms with Gasteiger partial charge in [0.1, 0.15) is 5.75 Å². The topological polar surface area (TPSA) is 83.0 Å². The number of aliphatic hydroxyl groups is 1. The summed E-state index contributed by atoms with van der Waals surface area (Å²) >= 11 is 1.27. The SMILES string of the molecule is CCOc1ccc([C@@H]2C(C(=O)c3sc(C)nc3C)=C(O)C(=O)N2CCN(C)C)cc1. The Morgan fingerprint density at radius 1 is 1.27 bits per heavy atom. The molecule has 0 bridgehead atoms. The standard InChI is InChI=1S/C22H27N3O4S/c1-6-29-16-9-7-15(8-10-16)18-17(19(26)21-13(2)23-14(3)30-21)20(27)22(28)25(18)12-11-24(4)5/h7-10,18,27H,6,11-12H2,1-5H3/t18-/m1/s1. The highest BCUT2D eigenvalue weighted by Crippen LogP contribution is 2.40. The van der Waals surface area contributed by atoms with Crippen LogP contribution in [0.1, 0.15) is 38.9 Å². The van der Waals surface area contributed by atoms with Crippen molar-refractivity contribution >= 4 is 23.0 Å². The smallest absolute Gasteiger partial charge is 0.290 e. The summed E-state index contributed by atoms with van der Waals surface area (Å²) in [5.74, 6) is -0.656. The molecular weight excluding hydrogens is 402 g/mol. The Hall–Kier alpha value is -2.71. The highest BCUT2D eigenvalue weighted by atomic mass is 32.1. The van der Waals surface area contributed by atoms with Gasteiger partial charge in [0.25, 0.3) is 5.91 Å².